The molecule has 202 valence electrons. The van der Waals surface area contributed by atoms with E-state index in [9.17, 15) is 31.2 Å². The van der Waals surface area contributed by atoms with Gasteiger partial charge in [-0.05, 0) is 50.5 Å². The average Bonchev–Trinajstić information content (AvgIpc) is 3.58. The van der Waals surface area contributed by atoms with E-state index in [1.807, 2.05) is 0 Å². The molecule has 1 N–H and O–H groups in total. The number of halogens is 5. The molecule has 0 bridgehead atoms. The Morgan fingerprint density at radius 1 is 1.21 bits per heavy atom. The molecule has 0 radical (unpaired) electrons. The number of rotatable bonds is 6. The lowest BCUT2D eigenvalue weighted by Gasteiger charge is -2.17. The lowest BCUT2D eigenvalue weighted by atomic mass is 10.1. The molecular formula is C24H20ClF4N3O5S. The maximum Gasteiger partial charge on any atom is 0.534 e. The van der Waals surface area contributed by atoms with Gasteiger partial charge in [-0.15, -0.1) is 0 Å². The van der Waals surface area contributed by atoms with E-state index >= 15 is 4.39 Å². The van der Waals surface area contributed by atoms with E-state index in [1.165, 1.54) is 37.4 Å². The van der Waals surface area contributed by atoms with Crippen molar-refractivity contribution in [3.05, 3.63) is 69.0 Å². The first kappa shape index (κ1) is 27.6. The van der Waals surface area contributed by atoms with Crippen LogP contribution in [0.25, 0.3) is 16.9 Å². The number of aryl methyl sites for hydroxylation is 2. The number of carbonyl (C=O) groups excluding carboxylic acids is 1. The zero-order valence-electron chi connectivity index (χ0n) is 20.1. The minimum atomic E-state index is -6.07. The van der Waals surface area contributed by atoms with Crippen LogP contribution in [0.5, 0.6) is 5.75 Å². The van der Waals surface area contributed by atoms with E-state index in [4.69, 9.17) is 11.6 Å². The summed E-state index contributed by atoms with van der Waals surface area (Å²) in [6.07, 6.45) is 2.75. The molecule has 4 rings (SSSR count). The number of alkyl halides is 3. The van der Waals surface area contributed by atoms with Gasteiger partial charge in [0.05, 0.1) is 17.1 Å². The molecule has 1 amide bonds. The molecule has 1 fully saturated rings. The number of anilines is 1. The van der Waals surface area contributed by atoms with Crippen LogP contribution < -0.4 is 15.1 Å². The van der Waals surface area contributed by atoms with E-state index in [-0.39, 0.29) is 34.2 Å². The summed E-state index contributed by atoms with van der Waals surface area (Å²) in [5.41, 5.74) is -6.74. The normalized spacial score (nSPS) is 14.7. The van der Waals surface area contributed by atoms with Crippen molar-refractivity contribution >= 4 is 33.3 Å². The largest absolute Gasteiger partial charge is 0.534 e. The van der Waals surface area contributed by atoms with Gasteiger partial charge < -0.3 is 9.50 Å². The predicted octanol–water partition coefficient (Wildman–Crippen LogP) is 5.28. The Kier molecular flexibility index (Phi) is 6.81. The second kappa shape index (κ2) is 9.38. The summed E-state index contributed by atoms with van der Waals surface area (Å²) in [6, 6.07) is 6.57. The molecule has 14 heteroatoms. The molecule has 38 heavy (non-hydrogen) atoms. The number of nitrogens with zero attached hydrogens (tertiary/aromatic N) is 2. The van der Waals surface area contributed by atoms with E-state index in [0.29, 0.717) is 18.4 Å². The Balaban J connectivity index is 1.77. The number of pyridine rings is 2. The van der Waals surface area contributed by atoms with E-state index in [2.05, 4.69) is 14.5 Å². The lowest BCUT2D eigenvalue weighted by Crippen LogP contribution is -2.30. The van der Waals surface area contributed by atoms with Gasteiger partial charge in [-0.2, -0.15) is 21.6 Å². The predicted molar refractivity (Wildman–Crippen MR) is 131 cm³/mol. The molecule has 0 atom stereocenters. The van der Waals surface area contributed by atoms with Gasteiger partial charge in [-0.3, -0.25) is 19.1 Å². The third-order valence-corrected chi connectivity index (χ3v) is 7.48. The molecule has 1 aromatic carbocycles. The minimum absolute atomic E-state index is 0.0121. The zero-order valence-corrected chi connectivity index (χ0v) is 21.7. The number of aromatic nitrogens is 2. The van der Waals surface area contributed by atoms with Crippen molar-refractivity contribution < 1.29 is 35.0 Å². The Morgan fingerprint density at radius 2 is 1.87 bits per heavy atom. The first-order chi connectivity index (χ1) is 17.6. The maximum atomic E-state index is 15.4. The highest BCUT2D eigenvalue weighted by molar-refractivity contribution is 7.88. The van der Waals surface area contributed by atoms with Gasteiger partial charge in [0.25, 0.3) is 5.56 Å². The fourth-order valence-corrected chi connectivity index (χ4v) is 4.31. The fraction of sp³-hybridized carbons (Fsp3) is 0.292. The minimum Gasteiger partial charge on any atom is -0.374 e. The standard InChI is InChI=1S/C24H20ClF4N3O5S/c1-12-11-30-16(14-5-4-6-15(20(14)26)31-22(34)23(3)7-8-23)10-17(12)32-13(2)9-18(19(25)21(32)33)37-38(35,36)24(27,28)29/h4-6,9-11H,7-8H2,1-3H3,(H,31,34). The molecular weight excluding hydrogens is 554 g/mol. The lowest BCUT2D eigenvalue weighted by molar-refractivity contribution is -0.120. The molecule has 0 aliphatic heterocycles. The van der Waals surface area contributed by atoms with Crippen molar-refractivity contribution in [1.29, 1.82) is 0 Å². The fourth-order valence-electron chi connectivity index (χ4n) is 3.62. The second-order valence-corrected chi connectivity index (χ2v) is 11.0. The van der Waals surface area contributed by atoms with Gasteiger partial charge >= 0.3 is 15.6 Å². The van der Waals surface area contributed by atoms with Crippen molar-refractivity contribution in [3.8, 4) is 22.7 Å². The number of hydrogen-bond acceptors (Lipinski definition) is 6. The molecule has 0 spiro atoms. The Hall–Kier alpha value is -3.45. The van der Waals surface area contributed by atoms with Crippen molar-refractivity contribution in [3.63, 3.8) is 0 Å². The quantitative estimate of drug-likeness (QED) is 0.244. The second-order valence-electron chi connectivity index (χ2n) is 9.13. The van der Waals surface area contributed by atoms with Gasteiger partial charge in [0.15, 0.2) is 11.6 Å². The molecule has 3 aromatic rings. The molecule has 2 heterocycles. The summed E-state index contributed by atoms with van der Waals surface area (Å²) in [5.74, 6) is -2.05. The van der Waals surface area contributed by atoms with Crippen molar-refractivity contribution in [2.24, 2.45) is 5.41 Å². The third-order valence-electron chi connectivity index (χ3n) is 6.17. The van der Waals surface area contributed by atoms with Gasteiger partial charge in [-0.1, -0.05) is 24.6 Å². The maximum absolute atomic E-state index is 15.4. The van der Waals surface area contributed by atoms with Crippen molar-refractivity contribution in [1.82, 2.24) is 9.55 Å². The monoisotopic (exact) mass is 573 g/mol. The van der Waals surface area contributed by atoms with Crippen LogP contribution in [-0.2, 0) is 14.9 Å². The average molecular weight is 574 g/mol. The number of nitrogens with one attached hydrogen (secondary N) is 1. The first-order valence-corrected chi connectivity index (χ1v) is 12.8. The Bertz CT molecular complexity index is 1630. The highest BCUT2D eigenvalue weighted by Gasteiger charge is 2.49. The van der Waals surface area contributed by atoms with Gasteiger partial charge in [0.1, 0.15) is 5.02 Å². The van der Waals surface area contributed by atoms with Crippen LogP contribution in [0.2, 0.25) is 5.02 Å². The first-order valence-electron chi connectivity index (χ1n) is 11.1. The summed E-state index contributed by atoms with van der Waals surface area (Å²) >= 11 is 5.92. The molecule has 1 aliphatic rings. The van der Waals surface area contributed by atoms with Crippen LogP contribution in [0.1, 0.15) is 31.0 Å². The van der Waals surface area contributed by atoms with E-state index in [0.717, 1.165) is 10.6 Å². The third kappa shape index (κ3) is 4.99. The smallest absolute Gasteiger partial charge is 0.374 e. The summed E-state index contributed by atoms with van der Waals surface area (Å²) < 4.78 is 81.5. The highest BCUT2D eigenvalue weighted by atomic mass is 35.5. The molecule has 1 aliphatic carbocycles. The Labute approximate surface area is 219 Å². The highest BCUT2D eigenvalue weighted by Crippen LogP contribution is 2.46. The number of benzene rings is 1. The zero-order chi connectivity index (χ0) is 28.2. The molecule has 2 aromatic heterocycles. The van der Waals surface area contributed by atoms with E-state index in [1.54, 1.807) is 13.8 Å². The van der Waals surface area contributed by atoms with Gasteiger partial charge in [0.2, 0.25) is 5.91 Å². The van der Waals surface area contributed by atoms with Crippen LogP contribution >= 0.6 is 11.6 Å². The van der Waals surface area contributed by atoms with Crippen molar-refractivity contribution in [2.45, 2.75) is 39.1 Å². The van der Waals surface area contributed by atoms with Crippen LogP contribution in [0, 0.1) is 25.1 Å². The summed E-state index contributed by atoms with van der Waals surface area (Å²) in [7, 11) is -6.07. The Morgan fingerprint density at radius 3 is 2.47 bits per heavy atom. The van der Waals surface area contributed by atoms with Crippen LogP contribution in [-0.4, -0.2) is 29.4 Å². The molecule has 1 saturated carbocycles. The van der Waals surface area contributed by atoms with Crippen LogP contribution in [0.3, 0.4) is 0 Å². The molecule has 8 nitrogen and oxygen atoms in total. The van der Waals surface area contributed by atoms with Gasteiger partial charge in [0, 0.05) is 28.9 Å². The topological polar surface area (TPSA) is 107 Å². The number of carbonyl (C=O) groups is 1. The van der Waals surface area contributed by atoms with Gasteiger partial charge in [-0.25, -0.2) is 4.39 Å². The molecule has 0 saturated heterocycles. The summed E-state index contributed by atoms with van der Waals surface area (Å²) in [5, 5.41) is 1.67. The summed E-state index contributed by atoms with van der Waals surface area (Å²) in [4.78, 5) is 29.6. The summed E-state index contributed by atoms with van der Waals surface area (Å²) in [6.45, 7) is 4.67. The number of amides is 1. The van der Waals surface area contributed by atoms with Crippen molar-refractivity contribution in [2.75, 3.05) is 5.32 Å². The number of hydrogen-bond donors (Lipinski definition) is 1. The van der Waals surface area contributed by atoms with Crippen LogP contribution in [0.15, 0.2) is 41.3 Å². The van der Waals surface area contributed by atoms with Crippen LogP contribution in [0.4, 0.5) is 23.2 Å². The molecule has 0 unspecified atom stereocenters. The SMILES string of the molecule is Cc1cnc(-c2cccc(NC(=O)C3(C)CC3)c2F)cc1-n1c(C)cc(OS(=O)(=O)C(F)(F)F)c(Cl)c1=O. The van der Waals surface area contributed by atoms with E-state index < -0.39 is 43.2 Å².